The van der Waals surface area contributed by atoms with E-state index in [4.69, 9.17) is 0 Å². The molecule has 0 aliphatic rings. The summed E-state index contributed by atoms with van der Waals surface area (Å²) >= 11 is 0. The van der Waals surface area contributed by atoms with E-state index in [0.29, 0.717) is 16.7 Å². The van der Waals surface area contributed by atoms with Crippen molar-refractivity contribution in [1.82, 2.24) is 0 Å². The minimum absolute atomic E-state index is 0.0422. The van der Waals surface area contributed by atoms with Crippen molar-refractivity contribution in [2.24, 2.45) is 0 Å². The van der Waals surface area contributed by atoms with Crippen molar-refractivity contribution in [2.75, 3.05) is 6.54 Å². The Morgan fingerprint density at radius 3 is 1.72 bits per heavy atom. The van der Waals surface area contributed by atoms with E-state index in [1.807, 2.05) is 0 Å². The third-order valence-corrected chi connectivity index (χ3v) is 4.72. The zero-order chi connectivity index (χ0) is 21.1. The molecule has 0 aliphatic carbocycles. The molecule has 0 bridgehead atoms. The Bertz CT molecular complexity index is 907. The summed E-state index contributed by atoms with van der Waals surface area (Å²) in [5, 5.41) is 13.0. The quantitative estimate of drug-likeness (QED) is 0.595. The van der Waals surface area contributed by atoms with Gasteiger partial charge in [0.15, 0.2) is 5.60 Å². The van der Waals surface area contributed by atoms with E-state index in [2.05, 4.69) is 0 Å². The molecule has 0 fully saturated rings. The normalized spacial score (nSPS) is 12.2. The van der Waals surface area contributed by atoms with E-state index in [-0.39, 0.29) is 13.1 Å². The van der Waals surface area contributed by atoms with Gasteiger partial charge in [0.25, 0.3) is 0 Å². The molecule has 3 aromatic rings. The molecule has 0 unspecified atom stereocenters. The molecular weight excluding hydrogens is 389 g/mol. The Kier molecular flexibility index (Phi) is 6.00. The Morgan fingerprint density at radius 1 is 0.724 bits per heavy atom. The monoisotopic (exact) mass is 408 g/mol. The second-order valence-corrected chi connectivity index (χ2v) is 6.77. The average Bonchev–Trinajstić information content (AvgIpc) is 2.68. The van der Waals surface area contributed by atoms with E-state index >= 15 is 0 Å². The molecule has 7 heteroatoms. The number of benzene rings is 3. The van der Waals surface area contributed by atoms with E-state index in [1.54, 1.807) is 11.4 Å². The fourth-order valence-electron chi connectivity index (χ4n) is 3.18. The van der Waals surface area contributed by atoms with Crippen LogP contribution < -0.4 is 5.32 Å². The minimum atomic E-state index is -4.43. The molecule has 3 aromatic carbocycles. The van der Waals surface area contributed by atoms with Gasteiger partial charge in [-0.15, -0.1) is 0 Å². The van der Waals surface area contributed by atoms with Gasteiger partial charge in [-0.1, -0.05) is 36.4 Å². The van der Waals surface area contributed by atoms with E-state index in [9.17, 15) is 27.1 Å². The molecule has 2 nitrogen and oxygen atoms in total. The standard InChI is InChI=1S/C22H18F5NO/c23-19-8-4-16(5-9-19)21(29,17-6-10-20(24)11-7-17)14-28-13-15-2-1-3-18(12-15)22(25,26)27/h1-12,28-29H,13-14H2/p+1. The highest BCUT2D eigenvalue weighted by Gasteiger charge is 2.34. The van der Waals surface area contributed by atoms with Gasteiger partial charge in [0.2, 0.25) is 0 Å². The van der Waals surface area contributed by atoms with Crippen molar-refractivity contribution in [3.8, 4) is 0 Å². The van der Waals surface area contributed by atoms with Crippen LogP contribution in [-0.4, -0.2) is 11.7 Å². The topological polar surface area (TPSA) is 36.8 Å². The molecular formula is C22H19F5NO+. The molecule has 0 saturated heterocycles. The summed E-state index contributed by atoms with van der Waals surface area (Å²) in [6, 6.07) is 15.5. The first kappa shape index (κ1) is 21.0. The molecule has 3 rings (SSSR count). The third kappa shape index (κ3) is 4.99. The lowest BCUT2D eigenvalue weighted by Gasteiger charge is -2.28. The number of quaternary nitrogens is 1. The fraction of sp³-hybridized carbons (Fsp3) is 0.182. The number of alkyl halides is 3. The van der Waals surface area contributed by atoms with Crippen molar-refractivity contribution in [3.05, 3.63) is 107 Å². The molecule has 0 spiro atoms. The molecule has 0 atom stereocenters. The number of aliphatic hydroxyl groups is 1. The van der Waals surface area contributed by atoms with Crippen LogP contribution in [0, 0.1) is 11.6 Å². The predicted molar refractivity (Wildman–Crippen MR) is 97.7 cm³/mol. The van der Waals surface area contributed by atoms with Gasteiger partial charge in [0, 0.05) is 5.56 Å². The molecule has 29 heavy (non-hydrogen) atoms. The Balaban J connectivity index is 1.83. The Labute approximate surface area is 164 Å². The number of hydrogen-bond donors (Lipinski definition) is 2. The second kappa shape index (κ2) is 8.31. The Morgan fingerprint density at radius 2 is 1.24 bits per heavy atom. The van der Waals surface area contributed by atoms with Crippen LogP contribution in [-0.2, 0) is 18.3 Å². The number of hydrogen-bond acceptors (Lipinski definition) is 1. The van der Waals surface area contributed by atoms with E-state index in [1.165, 1.54) is 54.6 Å². The molecule has 0 aliphatic heterocycles. The molecule has 0 amide bonds. The summed E-state index contributed by atoms with van der Waals surface area (Å²) in [5.74, 6) is -0.939. The summed E-state index contributed by atoms with van der Waals surface area (Å²) in [7, 11) is 0. The summed E-state index contributed by atoms with van der Waals surface area (Å²) in [5.41, 5.74) is -1.09. The highest BCUT2D eigenvalue weighted by molar-refractivity contribution is 5.36. The van der Waals surface area contributed by atoms with Gasteiger partial charge in [0.05, 0.1) is 5.56 Å². The van der Waals surface area contributed by atoms with Crippen molar-refractivity contribution in [2.45, 2.75) is 18.3 Å². The van der Waals surface area contributed by atoms with Crippen molar-refractivity contribution < 1.29 is 32.4 Å². The maximum atomic E-state index is 13.3. The molecule has 0 radical (unpaired) electrons. The molecule has 0 aromatic heterocycles. The zero-order valence-corrected chi connectivity index (χ0v) is 15.3. The van der Waals surface area contributed by atoms with Crippen LogP contribution >= 0.6 is 0 Å². The largest absolute Gasteiger partial charge is 0.416 e. The summed E-state index contributed by atoms with van der Waals surface area (Å²) in [6.45, 7) is 0.231. The van der Waals surface area contributed by atoms with Crippen LogP contribution in [0.25, 0.3) is 0 Å². The van der Waals surface area contributed by atoms with Crippen molar-refractivity contribution >= 4 is 0 Å². The number of rotatable bonds is 6. The molecule has 0 saturated carbocycles. The lowest BCUT2D eigenvalue weighted by molar-refractivity contribution is -0.682. The van der Waals surface area contributed by atoms with Gasteiger partial charge in [-0.3, -0.25) is 0 Å². The first-order valence-corrected chi connectivity index (χ1v) is 8.91. The first-order chi connectivity index (χ1) is 13.7. The zero-order valence-electron chi connectivity index (χ0n) is 15.3. The second-order valence-electron chi connectivity index (χ2n) is 6.77. The van der Waals surface area contributed by atoms with Gasteiger partial charge in [-0.05, 0) is 47.5 Å². The van der Waals surface area contributed by atoms with Crippen LogP contribution in [0.3, 0.4) is 0 Å². The van der Waals surface area contributed by atoms with Crippen LogP contribution in [0.5, 0.6) is 0 Å². The van der Waals surface area contributed by atoms with Crippen LogP contribution in [0.1, 0.15) is 22.3 Å². The van der Waals surface area contributed by atoms with Gasteiger partial charge >= 0.3 is 6.18 Å². The first-order valence-electron chi connectivity index (χ1n) is 8.91. The lowest BCUT2D eigenvalue weighted by atomic mass is 9.86. The van der Waals surface area contributed by atoms with Crippen molar-refractivity contribution in [1.29, 1.82) is 0 Å². The maximum absolute atomic E-state index is 13.3. The number of halogens is 5. The van der Waals surface area contributed by atoms with Crippen LogP contribution in [0.2, 0.25) is 0 Å². The molecule has 0 heterocycles. The molecule has 3 N–H and O–H groups in total. The van der Waals surface area contributed by atoms with Gasteiger partial charge in [-0.2, -0.15) is 13.2 Å². The SMILES string of the molecule is OC(C[NH2+]Cc1cccc(C(F)(F)F)c1)(c1ccc(F)cc1)c1ccc(F)cc1. The van der Waals surface area contributed by atoms with Gasteiger partial charge in [0.1, 0.15) is 24.7 Å². The fourth-order valence-corrected chi connectivity index (χ4v) is 3.18. The summed E-state index contributed by atoms with van der Waals surface area (Å²) in [6.07, 6.45) is -4.43. The summed E-state index contributed by atoms with van der Waals surface area (Å²) in [4.78, 5) is 0. The van der Waals surface area contributed by atoms with Gasteiger partial charge < -0.3 is 10.4 Å². The highest BCUT2D eigenvalue weighted by Crippen LogP contribution is 2.30. The van der Waals surface area contributed by atoms with Gasteiger partial charge in [-0.25, -0.2) is 8.78 Å². The lowest BCUT2D eigenvalue weighted by Crippen LogP contribution is -2.86. The highest BCUT2D eigenvalue weighted by atomic mass is 19.4. The van der Waals surface area contributed by atoms with Crippen LogP contribution in [0.4, 0.5) is 22.0 Å². The van der Waals surface area contributed by atoms with E-state index < -0.39 is 29.0 Å². The van der Waals surface area contributed by atoms with Crippen LogP contribution in [0.15, 0.2) is 72.8 Å². The Hall–Kier alpha value is -2.77. The predicted octanol–water partition coefficient (Wildman–Crippen LogP) is 3.98. The number of nitrogens with two attached hydrogens (primary N) is 1. The van der Waals surface area contributed by atoms with E-state index in [0.717, 1.165) is 12.1 Å². The maximum Gasteiger partial charge on any atom is 0.416 e. The smallest absolute Gasteiger partial charge is 0.375 e. The molecule has 152 valence electrons. The average molecular weight is 408 g/mol. The minimum Gasteiger partial charge on any atom is -0.375 e. The third-order valence-electron chi connectivity index (χ3n) is 4.72. The summed E-state index contributed by atoms with van der Waals surface area (Å²) < 4.78 is 65.2. The van der Waals surface area contributed by atoms with Crippen molar-refractivity contribution in [3.63, 3.8) is 0 Å².